The van der Waals surface area contributed by atoms with Crippen molar-refractivity contribution in [1.29, 1.82) is 5.41 Å². The molecule has 0 spiro atoms. The molecule has 92 valence electrons. The van der Waals surface area contributed by atoms with E-state index in [9.17, 15) is 23.1 Å². The maximum atomic E-state index is 12.2. The SMILES string of the molecule is CCOC(=O)C(C(=N)C(F)(F)F)=C(O)CC. The summed E-state index contributed by atoms with van der Waals surface area (Å²) in [7, 11) is 0. The number of hydrogen-bond acceptors (Lipinski definition) is 4. The normalized spacial score (nSPS) is 13.1. The fraction of sp³-hybridized carbons (Fsp3) is 0.556. The number of carbonyl (C=O) groups excluding carboxylic acids is 1. The molecule has 2 N–H and O–H groups in total. The van der Waals surface area contributed by atoms with Crippen LogP contribution in [-0.2, 0) is 9.53 Å². The minimum absolute atomic E-state index is 0.134. The number of ether oxygens (including phenoxy) is 1. The zero-order chi connectivity index (χ0) is 12.9. The van der Waals surface area contributed by atoms with Crippen LogP contribution in [0.4, 0.5) is 13.2 Å². The van der Waals surface area contributed by atoms with Crippen molar-refractivity contribution in [1.82, 2.24) is 0 Å². The molecule has 0 rings (SSSR count). The lowest BCUT2D eigenvalue weighted by atomic mass is 10.1. The Bertz CT molecular complexity index is 320. The maximum Gasteiger partial charge on any atom is 0.433 e. The molecular formula is C9H12F3NO3. The molecule has 0 bridgehead atoms. The summed E-state index contributed by atoms with van der Waals surface area (Å²) >= 11 is 0. The summed E-state index contributed by atoms with van der Waals surface area (Å²) in [5, 5.41) is 16.0. The number of hydrogen-bond donors (Lipinski definition) is 2. The van der Waals surface area contributed by atoms with Gasteiger partial charge in [0.25, 0.3) is 0 Å². The zero-order valence-electron chi connectivity index (χ0n) is 8.81. The average molecular weight is 239 g/mol. The number of alkyl halides is 3. The van der Waals surface area contributed by atoms with Crippen LogP contribution in [0, 0.1) is 5.41 Å². The first-order valence-corrected chi connectivity index (χ1v) is 4.51. The third-order valence-corrected chi connectivity index (χ3v) is 1.64. The van der Waals surface area contributed by atoms with Crippen molar-refractivity contribution in [2.24, 2.45) is 0 Å². The summed E-state index contributed by atoms with van der Waals surface area (Å²) in [5.74, 6) is -2.15. The first-order valence-electron chi connectivity index (χ1n) is 4.51. The van der Waals surface area contributed by atoms with E-state index in [-0.39, 0.29) is 13.0 Å². The Morgan fingerprint density at radius 1 is 1.38 bits per heavy atom. The van der Waals surface area contributed by atoms with Crippen LogP contribution in [-0.4, -0.2) is 29.6 Å². The second-order valence-electron chi connectivity index (χ2n) is 2.77. The monoisotopic (exact) mass is 239 g/mol. The molecular weight excluding hydrogens is 227 g/mol. The van der Waals surface area contributed by atoms with Gasteiger partial charge in [0.15, 0.2) is 5.71 Å². The average Bonchev–Trinajstić information content (AvgIpc) is 2.16. The third kappa shape index (κ3) is 3.56. The van der Waals surface area contributed by atoms with Gasteiger partial charge in [0.2, 0.25) is 0 Å². The molecule has 16 heavy (non-hydrogen) atoms. The van der Waals surface area contributed by atoms with E-state index in [0.717, 1.165) is 0 Å². The zero-order valence-corrected chi connectivity index (χ0v) is 8.81. The Kier molecular flexibility index (Phi) is 5.00. The number of esters is 1. The van der Waals surface area contributed by atoms with E-state index in [0.29, 0.717) is 0 Å². The van der Waals surface area contributed by atoms with E-state index in [2.05, 4.69) is 4.74 Å². The highest BCUT2D eigenvalue weighted by molar-refractivity contribution is 6.21. The molecule has 0 atom stereocenters. The molecule has 0 aliphatic heterocycles. The van der Waals surface area contributed by atoms with Gasteiger partial charge in [-0.1, -0.05) is 6.92 Å². The Morgan fingerprint density at radius 3 is 2.19 bits per heavy atom. The molecule has 0 amide bonds. The van der Waals surface area contributed by atoms with Crippen LogP contribution in [0.3, 0.4) is 0 Å². The summed E-state index contributed by atoms with van der Waals surface area (Å²) in [6.45, 7) is 2.64. The summed E-state index contributed by atoms with van der Waals surface area (Å²) in [4.78, 5) is 11.2. The Morgan fingerprint density at radius 2 is 1.88 bits per heavy atom. The second-order valence-corrected chi connectivity index (χ2v) is 2.77. The van der Waals surface area contributed by atoms with Crippen molar-refractivity contribution in [2.75, 3.05) is 6.61 Å². The van der Waals surface area contributed by atoms with Gasteiger partial charge < -0.3 is 9.84 Å². The van der Waals surface area contributed by atoms with E-state index in [4.69, 9.17) is 5.41 Å². The topological polar surface area (TPSA) is 70.4 Å². The molecule has 0 saturated carbocycles. The van der Waals surface area contributed by atoms with Gasteiger partial charge in [-0.25, -0.2) is 4.79 Å². The van der Waals surface area contributed by atoms with Crippen LogP contribution in [0.1, 0.15) is 20.3 Å². The summed E-state index contributed by atoms with van der Waals surface area (Å²) in [5.41, 5.74) is -3.03. The van der Waals surface area contributed by atoms with Gasteiger partial charge in [-0.3, -0.25) is 5.41 Å². The van der Waals surface area contributed by atoms with Gasteiger partial charge >= 0.3 is 12.1 Å². The van der Waals surface area contributed by atoms with E-state index in [1.165, 1.54) is 13.8 Å². The molecule has 0 saturated heterocycles. The van der Waals surface area contributed by atoms with E-state index < -0.39 is 29.2 Å². The lowest BCUT2D eigenvalue weighted by Crippen LogP contribution is -2.30. The number of nitrogens with one attached hydrogen (secondary N) is 1. The van der Waals surface area contributed by atoms with Crippen molar-refractivity contribution in [3.8, 4) is 0 Å². The molecule has 0 fully saturated rings. The minimum atomic E-state index is -4.99. The molecule has 0 aliphatic rings. The van der Waals surface area contributed by atoms with Crippen molar-refractivity contribution < 1.29 is 27.8 Å². The van der Waals surface area contributed by atoms with Crippen LogP contribution in [0.25, 0.3) is 0 Å². The molecule has 0 aromatic carbocycles. The maximum absolute atomic E-state index is 12.2. The van der Waals surface area contributed by atoms with Crippen LogP contribution < -0.4 is 0 Å². The van der Waals surface area contributed by atoms with Crippen LogP contribution in [0.15, 0.2) is 11.3 Å². The standard InChI is InChI=1S/C9H12F3NO3/c1-3-5(14)6(8(15)16-4-2)7(13)9(10,11)12/h13-14H,3-4H2,1-2H3. The smallest absolute Gasteiger partial charge is 0.433 e. The van der Waals surface area contributed by atoms with Gasteiger partial charge in [-0.05, 0) is 6.92 Å². The Labute approximate surface area is 90.2 Å². The van der Waals surface area contributed by atoms with Gasteiger partial charge in [0.1, 0.15) is 11.3 Å². The summed E-state index contributed by atoms with van der Waals surface area (Å²) in [6.07, 6.45) is -5.18. The lowest BCUT2D eigenvalue weighted by molar-refractivity contribution is -0.138. The Hall–Kier alpha value is -1.53. The van der Waals surface area contributed by atoms with Crippen molar-refractivity contribution >= 4 is 11.7 Å². The molecule has 0 aromatic rings. The quantitative estimate of drug-likeness (QED) is 0.342. The number of rotatable bonds is 4. The minimum Gasteiger partial charge on any atom is -0.511 e. The number of halogens is 3. The fourth-order valence-corrected chi connectivity index (χ4v) is 0.886. The third-order valence-electron chi connectivity index (χ3n) is 1.64. The van der Waals surface area contributed by atoms with Crippen LogP contribution >= 0.6 is 0 Å². The highest BCUT2D eigenvalue weighted by Crippen LogP contribution is 2.24. The van der Waals surface area contributed by atoms with E-state index in [1.807, 2.05) is 0 Å². The molecule has 0 aromatic heterocycles. The summed E-state index contributed by atoms with van der Waals surface area (Å²) < 4.78 is 41.0. The van der Waals surface area contributed by atoms with Gasteiger partial charge in [0.05, 0.1) is 6.61 Å². The van der Waals surface area contributed by atoms with Crippen molar-refractivity contribution in [3.05, 3.63) is 11.3 Å². The van der Waals surface area contributed by atoms with Crippen molar-refractivity contribution in [3.63, 3.8) is 0 Å². The molecule has 7 heteroatoms. The number of carbonyl (C=O) groups is 1. The highest BCUT2D eigenvalue weighted by atomic mass is 19.4. The van der Waals surface area contributed by atoms with Gasteiger partial charge in [-0.15, -0.1) is 0 Å². The predicted octanol–water partition coefficient (Wildman–Crippen LogP) is 2.35. The molecule has 0 unspecified atom stereocenters. The first kappa shape index (κ1) is 14.5. The lowest BCUT2D eigenvalue weighted by Gasteiger charge is -2.12. The van der Waals surface area contributed by atoms with Gasteiger partial charge in [0, 0.05) is 6.42 Å². The number of aliphatic hydroxyl groups is 1. The molecule has 0 radical (unpaired) electrons. The van der Waals surface area contributed by atoms with Crippen LogP contribution in [0.2, 0.25) is 0 Å². The molecule has 0 heterocycles. The first-order chi connectivity index (χ1) is 7.25. The highest BCUT2D eigenvalue weighted by Gasteiger charge is 2.41. The van der Waals surface area contributed by atoms with Crippen LogP contribution in [0.5, 0.6) is 0 Å². The van der Waals surface area contributed by atoms with E-state index >= 15 is 0 Å². The van der Waals surface area contributed by atoms with Gasteiger partial charge in [-0.2, -0.15) is 13.2 Å². The fourth-order valence-electron chi connectivity index (χ4n) is 0.886. The number of aliphatic hydroxyl groups excluding tert-OH is 1. The van der Waals surface area contributed by atoms with E-state index in [1.54, 1.807) is 0 Å². The second kappa shape index (κ2) is 5.53. The molecule has 4 nitrogen and oxygen atoms in total. The van der Waals surface area contributed by atoms with Crippen molar-refractivity contribution in [2.45, 2.75) is 26.4 Å². The number of allylic oxidation sites excluding steroid dienone is 1. The summed E-state index contributed by atoms with van der Waals surface area (Å²) in [6, 6.07) is 0. The Balaban J connectivity index is 5.30. The predicted molar refractivity (Wildman–Crippen MR) is 50.4 cm³/mol. The molecule has 0 aliphatic carbocycles. The largest absolute Gasteiger partial charge is 0.511 e.